The molecule has 1 aliphatic rings. The summed E-state index contributed by atoms with van der Waals surface area (Å²) in [6.45, 7) is 1.69. The summed E-state index contributed by atoms with van der Waals surface area (Å²) in [5.74, 6) is 1.08. The van der Waals surface area contributed by atoms with Crippen molar-refractivity contribution in [1.29, 1.82) is 0 Å². The molecule has 5 nitrogen and oxygen atoms in total. The van der Waals surface area contributed by atoms with Crippen molar-refractivity contribution < 1.29 is 9.15 Å². The van der Waals surface area contributed by atoms with Gasteiger partial charge in [0, 0.05) is 25.5 Å². The number of nitrogens with zero attached hydrogens (tertiary/aromatic N) is 2. The number of anilines is 1. The molecule has 16 heavy (non-hydrogen) atoms. The van der Waals surface area contributed by atoms with E-state index in [4.69, 9.17) is 20.8 Å². The lowest BCUT2D eigenvalue weighted by Crippen LogP contribution is -2.12. The summed E-state index contributed by atoms with van der Waals surface area (Å²) in [4.78, 5) is 0. The second-order valence-electron chi connectivity index (χ2n) is 3.79. The zero-order valence-electron chi connectivity index (χ0n) is 9.12. The molecular formula is C10H16ClN3O2. The Hall–Kier alpha value is -0.810. The van der Waals surface area contributed by atoms with Crippen molar-refractivity contribution in [2.75, 3.05) is 24.3 Å². The number of ether oxygens (including phenoxy) is 1. The molecule has 1 unspecified atom stereocenters. The first-order valence-corrected chi connectivity index (χ1v) is 6.16. The van der Waals surface area contributed by atoms with E-state index in [1.165, 1.54) is 6.42 Å². The topological polar surface area (TPSA) is 60.2 Å². The number of rotatable bonds is 6. The Kier molecular flexibility index (Phi) is 4.42. The maximum atomic E-state index is 5.57. The number of halogens is 1. The Morgan fingerprint density at radius 3 is 3.12 bits per heavy atom. The Bertz CT molecular complexity index is 313. The van der Waals surface area contributed by atoms with Crippen LogP contribution >= 0.6 is 11.6 Å². The van der Waals surface area contributed by atoms with Crippen LogP contribution in [-0.4, -0.2) is 35.3 Å². The summed E-state index contributed by atoms with van der Waals surface area (Å²) < 4.78 is 10.8. The number of alkyl halides is 1. The van der Waals surface area contributed by atoms with Crippen LogP contribution in [0.25, 0.3) is 0 Å². The van der Waals surface area contributed by atoms with Crippen LogP contribution in [0.5, 0.6) is 0 Å². The number of hydrogen-bond donors (Lipinski definition) is 1. The molecule has 1 N–H and O–H groups in total. The van der Waals surface area contributed by atoms with Crippen LogP contribution in [0, 0.1) is 0 Å². The standard InChI is InChI=1S/C10H16ClN3O2/c11-5-3-9-13-14-10(16-9)12-6-4-8-2-1-7-15-8/h8H,1-7H2,(H,12,14). The molecule has 0 saturated carbocycles. The van der Waals surface area contributed by atoms with Crippen molar-refractivity contribution in [3.05, 3.63) is 5.89 Å². The number of nitrogens with one attached hydrogen (secondary N) is 1. The quantitative estimate of drug-likeness (QED) is 0.775. The van der Waals surface area contributed by atoms with Gasteiger partial charge in [0.05, 0.1) is 6.10 Å². The lowest BCUT2D eigenvalue weighted by molar-refractivity contribution is 0.107. The van der Waals surface area contributed by atoms with Crippen molar-refractivity contribution in [2.24, 2.45) is 0 Å². The third kappa shape index (κ3) is 3.35. The molecule has 1 aromatic rings. The average molecular weight is 246 g/mol. The highest BCUT2D eigenvalue weighted by atomic mass is 35.5. The third-order valence-corrected chi connectivity index (χ3v) is 2.73. The van der Waals surface area contributed by atoms with Gasteiger partial charge in [-0.15, -0.1) is 16.7 Å². The van der Waals surface area contributed by atoms with Crippen LogP contribution in [-0.2, 0) is 11.2 Å². The fourth-order valence-electron chi connectivity index (χ4n) is 1.72. The Morgan fingerprint density at radius 1 is 1.44 bits per heavy atom. The molecule has 1 saturated heterocycles. The van der Waals surface area contributed by atoms with Gasteiger partial charge in [-0.2, -0.15) is 0 Å². The molecule has 0 aliphatic carbocycles. The highest BCUT2D eigenvalue weighted by Gasteiger charge is 2.15. The lowest BCUT2D eigenvalue weighted by Gasteiger charge is -2.08. The van der Waals surface area contributed by atoms with Gasteiger partial charge in [0.25, 0.3) is 0 Å². The predicted molar refractivity (Wildman–Crippen MR) is 60.8 cm³/mol. The molecule has 6 heteroatoms. The first-order chi connectivity index (χ1) is 7.88. The Morgan fingerprint density at radius 2 is 2.38 bits per heavy atom. The van der Waals surface area contributed by atoms with E-state index in [-0.39, 0.29) is 0 Å². The normalized spacial score (nSPS) is 20.2. The van der Waals surface area contributed by atoms with Crippen LogP contribution < -0.4 is 5.32 Å². The minimum atomic E-state index is 0.387. The first-order valence-electron chi connectivity index (χ1n) is 5.62. The molecule has 2 heterocycles. The molecule has 90 valence electrons. The molecule has 2 rings (SSSR count). The summed E-state index contributed by atoms with van der Waals surface area (Å²) in [6.07, 6.45) is 4.31. The van der Waals surface area contributed by atoms with Gasteiger partial charge in [0.2, 0.25) is 5.89 Å². The van der Waals surface area contributed by atoms with Gasteiger partial charge in [0.1, 0.15) is 0 Å². The number of aryl methyl sites for hydroxylation is 1. The minimum Gasteiger partial charge on any atom is -0.408 e. The highest BCUT2D eigenvalue weighted by Crippen LogP contribution is 2.15. The second kappa shape index (κ2) is 6.06. The SMILES string of the molecule is ClCCc1nnc(NCCC2CCCO2)o1. The van der Waals surface area contributed by atoms with E-state index in [2.05, 4.69) is 15.5 Å². The van der Waals surface area contributed by atoms with Crippen molar-refractivity contribution in [1.82, 2.24) is 10.2 Å². The Balaban J connectivity index is 1.67. The van der Waals surface area contributed by atoms with E-state index in [0.717, 1.165) is 26.0 Å². The molecule has 1 aliphatic heterocycles. The molecule has 0 bridgehead atoms. The van der Waals surface area contributed by atoms with E-state index >= 15 is 0 Å². The second-order valence-corrected chi connectivity index (χ2v) is 4.17. The van der Waals surface area contributed by atoms with Crippen LogP contribution in [0.1, 0.15) is 25.2 Å². The lowest BCUT2D eigenvalue weighted by atomic mass is 10.2. The van der Waals surface area contributed by atoms with Gasteiger partial charge < -0.3 is 14.5 Å². The van der Waals surface area contributed by atoms with E-state index in [1.807, 2.05) is 0 Å². The molecule has 0 radical (unpaired) electrons. The van der Waals surface area contributed by atoms with Crippen LogP contribution in [0.4, 0.5) is 6.01 Å². The summed E-state index contributed by atoms with van der Waals surface area (Å²) in [5.41, 5.74) is 0. The molecule has 0 aromatic carbocycles. The smallest absolute Gasteiger partial charge is 0.315 e. The van der Waals surface area contributed by atoms with Gasteiger partial charge in [-0.3, -0.25) is 0 Å². The molecule has 1 fully saturated rings. The fraction of sp³-hybridized carbons (Fsp3) is 0.800. The van der Waals surface area contributed by atoms with Gasteiger partial charge in [-0.1, -0.05) is 5.10 Å². The largest absolute Gasteiger partial charge is 0.408 e. The van der Waals surface area contributed by atoms with Gasteiger partial charge in [-0.25, -0.2) is 0 Å². The van der Waals surface area contributed by atoms with Gasteiger partial charge in [0.15, 0.2) is 0 Å². The van der Waals surface area contributed by atoms with Gasteiger partial charge >= 0.3 is 6.01 Å². The average Bonchev–Trinajstić information content (AvgIpc) is 2.90. The first kappa shape index (κ1) is 11.7. The minimum absolute atomic E-state index is 0.387. The molecule has 1 aromatic heterocycles. The third-order valence-electron chi connectivity index (χ3n) is 2.54. The maximum absolute atomic E-state index is 5.57. The van der Waals surface area contributed by atoms with Crippen molar-refractivity contribution in [3.63, 3.8) is 0 Å². The highest BCUT2D eigenvalue weighted by molar-refractivity contribution is 6.17. The van der Waals surface area contributed by atoms with Crippen molar-refractivity contribution in [3.8, 4) is 0 Å². The number of hydrogen-bond acceptors (Lipinski definition) is 5. The number of aromatic nitrogens is 2. The maximum Gasteiger partial charge on any atom is 0.315 e. The molecule has 0 spiro atoms. The summed E-state index contributed by atoms with van der Waals surface area (Å²) in [6, 6.07) is 0.470. The summed E-state index contributed by atoms with van der Waals surface area (Å²) in [5, 5.41) is 10.8. The monoisotopic (exact) mass is 245 g/mol. The zero-order valence-corrected chi connectivity index (χ0v) is 9.87. The molecule has 0 amide bonds. The summed E-state index contributed by atoms with van der Waals surface area (Å²) >= 11 is 5.57. The van der Waals surface area contributed by atoms with E-state index in [9.17, 15) is 0 Å². The van der Waals surface area contributed by atoms with Crippen LogP contribution in [0.2, 0.25) is 0 Å². The van der Waals surface area contributed by atoms with Crippen molar-refractivity contribution >= 4 is 17.6 Å². The Labute approximate surface area is 99.5 Å². The van der Waals surface area contributed by atoms with E-state index < -0.39 is 0 Å². The van der Waals surface area contributed by atoms with Crippen molar-refractivity contribution in [2.45, 2.75) is 31.8 Å². The van der Waals surface area contributed by atoms with Gasteiger partial charge in [-0.05, 0) is 19.3 Å². The van der Waals surface area contributed by atoms with Crippen LogP contribution in [0.15, 0.2) is 4.42 Å². The van der Waals surface area contributed by atoms with Crippen LogP contribution in [0.3, 0.4) is 0 Å². The fourth-order valence-corrected chi connectivity index (χ4v) is 1.88. The molecule has 1 atom stereocenters. The summed E-state index contributed by atoms with van der Waals surface area (Å²) in [7, 11) is 0. The van der Waals surface area contributed by atoms with E-state index in [0.29, 0.717) is 30.3 Å². The van der Waals surface area contributed by atoms with E-state index in [1.54, 1.807) is 0 Å². The predicted octanol–water partition coefficient (Wildman–Crippen LogP) is 1.83. The molecular weight excluding hydrogens is 230 g/mol. The zero-order chi connectivity index (χ0) is 11.2.